The number of allylic oxidation sites excluding steroid dienone is 2. The molecule has 1 unspecified atom stereocenters. The molecule has 0 spiro atoms. The zero-order valence-electron chi connectivity index (χ0n) is 5.82. The Hall–Kier alpha value is -1.09. The fourth-order valence-electron chi connectivity index (χ4n) is 0.377. The molecular weight excluding hydrogens is 130 g/mol. The lowest BCUT2D eigenvalue weighted by molar-refractivity contribution is -0.131. The van der Waals surface area contributed by atoms with E-state index in [4.69, 9.17) is 10.8 Å². The van der Waals surface area contributed by atoms with E-state index in [2.05, 4.69) is 0 Å². The highest BCUT2D eigenvalue weighted by molar-refractivity contribution is 5.80. The summed E-state index contributed by atoms with van der Waals surface area (Å²) >= 11 is 0. The molecule has 0 aromatic heterocycles. The van der Waals surface area contributed by atoms with Crippen LogP contribution in [0.3, 0.4) is 0 Å². The lowest BCUT2D eigenvalue weighted by Gasteiger charge is -1.89. The van der Waals surface area contributed by atoms with E-state index in [1.165, 1.54) is 6.08 Å². The van der Waals surface area contributed by atoms with Gasteiger partial charge in [-0.25, -0.2) is 4.79 Å². The SMILES string of the molecule is CC(N)/C=C/C=C/C(=O)O. The van der Waals surface area contributed by atoms with Gasteiger partial charge in [-0.15, -0.1) is 0 Å². The minimum atomic E-state index is -0.950. The third kappa shape index (κ3) is 6.91. The van der Waals surface area contributed by atoms with Crippen LogP contribution in [0.4, 0.5) is 0 Å². The van der Waals surface area contributed by atoms with Crippen LogP contribution in [0.1, 0.15) is 6.92 Å². The first kappa shape index (κ1) is 8.91. The van der Waals surface area contributed by atoms with Gasteiger partial charge in [-0.2, -0.15) is 0 Å². The Morgan fingerprint density at radius 3 is 2.60 bits per heavy atom. The van der Waals surface area contributed by atoms with Crippen molar-refractivity contribution in [1.82, 2.24) is 0 Å². The van der Waals surface area contributed by atoms with E-state index in [-0.39, 0.29) is 6.04 Å². The van der Waals surface area contributed by atoms with E-state index in [0.29, 0.717) is 0 Å². The van der Waals surface area contributed by atoms with Crippen molar-refractivity contribution in [2.24, 2.45) is 5.73 Å². The topological polar surface area (TPSA) is 63.3 Å². The van der Waals surface area contributed by atoms with Gasteiger partial charge >= 0.3 is 5.97 Å². The maximum atomic E-state index is 9.89. The fourth-order valence-corrected chi connectivity index (χ4v) is 0.377. The molecule has 0 aliphatic rings. The van der Waals surface area contributed by atoms with Crippen molar-refractivity contribution in [2.45, 2.75) is 13.0 Å². The minimum absolute atomic E-state index is 0.0292. The Labute approximate surface area is 59.8 Å². The van der Waals surface area contributed by atoms with E-state index in [0.717, 1.165) is 6.08 Å². The Balaban J connectivity index is 3.62. The Bertz CT molecular complexity index is 159. The zero-order chi connectivity index (χ0) is 7.98. The fraction of sp³-hybridized carbons (Fsp3) is 0.286. The molecule has 0 aliphatic heterocycles. The average molecular weight is 141 g/mol. The van der Waals surface area contributed by atoms with Crippen molar-refractivity contribution >= 4 is 5.97 Å². The number of carboxylic acids is 1. The molecule has 0 aromatic rings. The van der Waals surface area contributed by atoms with Gasteiger partial charge in [0.15, 0.2) is 0 Å². The second-order valence-corrected chi connectivity index (χ2v) is 1.94. The average Bonchev–Trinajstić information content (AvgIpc) is 1.79. The summed E-state index contributed by atoms with van der Waals surface area (Å²) in [5.74, 6) is -0.950. The molecule has 1 atom stereocenters. The molecule has 0 radical (unpaired) electrons. The Morgan fingerprint density at radius 1 is 1.60 bits per heavy atom. The third-order valence-corrected chi connectivity index (χ3v) is 0.765. The molecule has 10 heavy (non-hydrogen) atoms. The molecule has 0 amide bonds. The lowest BCUT2D eigenvalue weighted by atomic mass is 10.3. The molecular formula is C7H11NO2. The van der Waals surface area contributed by atoms with E-state index < -0.39 is 5.97 Å². The summed E-state index contributed by atoms with van der Waals surface area (Å²) in [4.78, 5) is 9.89. The minimum Gasteiger partial charge on any atom is -0.478 e. The van der Waals surface area contributed by atoms with Crippen LogP contribution in [-0.2, 0) is 4.79 Å². The number of carboxylic acid groups (broad SMARTS) is 1. The molecule has 3 N–H and O–H groups in total. The van der Waals surface area contributed by atoms with Crippen LogP contribution in [0.15, 0.2) is 24.3 Å². The molecule has 0 saturated heterocycles. The first-order valence-electron chi connectivity index (χ1n) is 2.96. The van der Waals surface area contributed by atoms with Crippen LogP contribution in [0, 0.1) is 0 Å². The highest BCUT2D eigenvalue weighted by Gasteiger charge is 1.82. The van der Waals surface area contributed by atoms with E-state index in [1.54, 1.807) is 12.2 Å². The summed E-state index contributed by atoms with van der Waals surface area (Å²) in [5, 5.41) is 8.13. The van der Waals surface area contributed by atoms with Crippen LogP contribution in [0.5, 0.6) is 0 Å². The summed E-state index contributed by atoms with van der Waals surface area (Å²) in [6.07, 6.45) is 5.81. The number of aliphatic carboxylic acids is 1. The monoisotopic (exact) mass is 141 g/mol. The van der Waals surface area contributed by atoms with Gasteiger partial charge in [0, 0.05) is 12.1 Å². The first-order valence-corrected chi connectivity index (χ1v) is 2.96. The van der Waals surface area contributed by atoms with Crippen LogP contribution in [-0.4, -0.2) is 17.1 Å². The van der Waals surface area contributed by atoms with E-state index in [1.807, 2.05) is 6.92 Å². The number of hydrogen-bond donors (Lipinski definition) is 2. The van der Waals surface area contributed by atoms with Gasteiger partial charge in [-0.3, -0.25) is 0 Å². The number of nitrogens with two attached hydrogens (primary N) is 1. The van der Waals surface area contributed by atoms with Crippen LogP contribution < -0.4 is 5.73 Å². The van der Waals surface area contributed by atoms with Crippen molar-refractivity contribution in [3.8, 4) is 0 Å². The molecule has 0 bridgehead atoms. The van der Waals surface area contributed by atoms with Gasteiger partial charge < -0.3 is 10.8 Å². The summed E-state index contributed by atoms with van der Waals surface area (Å²) in [6.45, 7) is 1.81. The van der Waals surface area contributed by atoms with Crippen molar-refractivity contribution < 1.29 is 9.90 Å². The third-order valence-electron chi connectivity index (χ3n) is 0.765. The lowest BCUT2D eigenvalue weighted by Crippen LogP contribution is -2.09. The van der Waals surface area contributed by atoms with Crippen LogP contribution in [0.2, 0.25) is 0 Å². The zero-order valence-corrected chi connectivity index (χ0v) is 5.82. The summed E-state index contributed by atoms with van der Waals surface area (Å²) in [6, 6.07) is -0.0292. The Kier molecular flexibility index (Phi) is 4.24. The number of hydrogen-bond acceptors (Lipinski definition) is 2. The highest BCUT2D eigenvalue weighted by Crippen LogP contribution is 1.80. The second-order valence-electron chi connectivity index (χ2n) is 1.94. The maximum Gasteiger partial charge on any atom is 0.328 e. The second kappa shape index (κ2) is 4.76. The maximum absolute atomic E-state index is 9.89. The van der Waals surface area contributed by atoms with Crippen LogP contribution >= 0.6 is 0 Å². The predicted molar refractivity (Wildman–Crippen MR) is 39.6 cm³/mol. The van der Waals surface area contributed by atoms with Gasteiger partial charge in [-0.1, -0.05) is 18.2 Å². The molecule has 0 saturated carbocycles. The van der Waals surface area contributed by atoms with Gasteiger partial charge in [0.05, 0.1) is 0 Å². The Morgan fingerprint density at radius 2 is 2.20 bits per heavy atom. The molecule has 56 valence electrons. The van der Waals surface area contributed by atoms with E-state index in [9.17, 15) is 4.79 Å². The summed E-state index contributed by atoms with van der Waals surface area (Å²) < 4.78 is 0. The first-order chi connectivity index (χ1) is 4.63. The van der Waals surface area contributed by atoms with Crippen molar-refractivity contribution in [1.29, 1.82) is 0 Å². The van der Waals surface area contributed by atoms with Crippen molar-refractivity contribution in [3.05, 3.63) is 24.3 Å². The number of rotatable bonds is 3. The molecule has 0 aliphatic carbocycles. The molecule has 0 rings (SSSR count). The van der Waals surface area contributed by atoms with Crippen molar-refractivity contribution in [2.75, 3.05) is 0 Å². The largest absolute Gasteiger partial charge is 0.478 e. The van der Waals surface area contributed by atoms with Crippen LogP contribution in [0.25, 0.3) is 0 Å². The van der Waals surface area contributed by atoms with E-state index >= 15 is 0 Å². The molecule has 0 aromatic carbocycles. The smallest absolute Gasteiger partial charge is 0.328 e. The predicted octanol–water partition coefficient (Wildman–Crippen LogP) is 0.531. The molecule has 3 heteroatoms. The van der Waals surface area contributed by atoms with Gasteiger partial charge in [0.2, 0.25) is 0 Å². The quantitative estimate of drug-likeness (QED) is 0.445. The summed E-state index contributed by atoms with van der Waals surface area (Å²) in [7, 11) is 0. The molecule has 3 nitrogen and oxygen atoms in total. The van der Waals surface area contributed by atoms with Gasteiger partial charge in [-0.05, 0) is 6.92 Å². The van der Waals surface area contributed by atoms with Crippen molar-refractivity contribution in [3.63, 3.8) is 0 Å². The van der Waals surface area contributed by atoms with Gasteiger partial charge in [0.1, 0.15) is 0 Å². The highest BCUT2D eigenvalue weighted by atomic mass is 16.4. The number of carbonyl (C=O) groups is 1. The molecule has 0 fully saturated rings. The standard InChI is InChI=1S/C7H11NO2/c1-6(8)4-2-3-5-7(9)10/h2-6H,8H2,1H3,(H,9,10)/b4-2+,5-3+. The summed E-state index contributed by atoms with van der Waals surface area (Å²) in [5.41, 5.74) is 5.34. The normalized spacial score (nSPS) is 14.6. The van der Waals surface area contributed by atoms with Gasteiger partial charge in [0.25, 0.3) is 0 Å². The molecule has 0 heterocycles.